The van der Waals surface area contributed by atoms with Crippen molar-refractivity contribution < 1.29 is 9.59 Å². The molecule has 0 fully saturated rings. The highest BCUT2D eigenvalue weighted by atomic mass is 16.2. The van der Waals surface area contributed by atoms with Gasteiger partial charge >= 0.3 is 11.8 Å². The third-order valence-electron chi connectivity index (χ3n) is 3.96. The molecule has 0 bridgehead atoms. The third-order valence-corrected chi connectivity index (χ3v) is 3.96. The number of H-pyrrole nitrogens is 1. The van der Waals surface area contributed by atoms with E-state index in [9.17, 15) is 9.59 Å². The van der Waals surface area contributed by atoms with Crippen LogP contribution in [-0.4, -0.2) is 23.0 Å². The van der Waals surface area contributed by atoms with Crippen molar-refractivity contribution >= 4 is 34.6 Å². The lowest BCUT2D eigenvalue weighted by Gasteiger charge is -2.06. The first-order valence-electron chi connectivity index (χ1n) is 7.82. The molecule has 3 rings (SSSR count). The van der Waals surface area contributed by atoms with E-state index in [1.807, 2.05) is 50.2 Å². The van der Waals surface area contributed by atoms with Crippen LogP contribution < -0.4 is 10.7 Å². The first kappa shape index (κ1) is 16.4. The summed E-state index contributed by atoms with van der Waals surface area (Å²) >= 11 is 0. The van der Waals surface area contributed by atoms with Crippen LogP contribution in [0.4, 0.5) is 5.69 Å². The van der Waals surface area contributed by atoms with Crippen LogP contribution in [0, 0.1) is 13.8 Å². The number of hydrazone groups is 1. The van der Waals surface area contributed by atoms with Crippen LogP contribution in [0.5, 0.6) is 0 Å². The van der Waals surface area contributed by atoms with Gasteiger partial charge in [-0.15, -0.1) is 0 Å². The minimum Gasteiger partial charge on any atom is -0.361 e. The van der Waals surface area contributed by atoms with Crippen molar-refractivity contribution in [2.75, 3.05) is 5.32 Å². The summed E-state index contributed by atoms with van der Waals surface area (Å²) in [5.41, 5.74) is 6.76. The highest BCUT2D eigenvalue weighted by molar-refractivity contribution is 6.39. The van der Waals surface area contributed by atoms with E-state index in [0.717, 1.165) is 27.6 Å². The molecule has 1 aromatic heterocycles. The Kier molecular flexibility index (Phi) is 4.61. The number of carbonyl (C=O) groups is 2. The normalized spacial score (nSPS) is 11.0. The number of hydrogen-bond acceptors (Lipinski definition) is 3. The maximum Gasteiger partial charge on any atom is 0.329 e. The van der Waals surface area contributed by atoms with Gasteiger partial charge in [-0.3, -0.25) is 9.59 Å². The summed E-state index contributed by atoms with van der Waals surface area (Å²) in [6.07, 6.45) is 3.29. The Morgan fingerprint density at radius 3 is 2.64 bits per heavy atom. The molecule has 2 aromatic carbocycles. The standard InChI is InChI=1S/C19H18N4O2/c1-12-7-8-15(9-13(12)2)22-18(24)19(25)23-21-11-14-10-20-17-6-4-3-5-16(14)17/h3-11,20H,1-2H3,(H,22,24)(H,23,25)/b21-11+. The summed E-state index contributed by atoms with van der Waals surface area (Å²) in [5, 5.41) is 7.39. The molecular formula is C19H18N4O2. The summed E-state index contributed by atoms with van der Waals surface area (Å²) in [6.45, 7) is 3.92. The number of aryl methyl sites for hydroxylation is 2. The number of anilines is 1. The van der Waals surface area contributed by atoms with Crippen LogP contribution in [0.1, 0.15) is 16.7 Å². The molecule has 0 radical (unpaired) electrons. The van der Waals surface area contributed by atoms with Crippen LogP contribution in [0.2, 0.25) is 0 Å². The summed E-state index contributed by atoms with van der Waals surface area (Å²) < 4.78 is 0. The van der Waals surface area contributed by atoms with E-state index in [-0.39, 0.29) is 0 Å². The van der Waals surface area contributed by atoms with Crippen molar-refractivity contribution in [3.8, 4) is 0 Å². The number of aromatic amines is 1. The third kappa shape index (κ3) is 3.74. The van der Waals surface area contributed by atoms with Crippen LogP contribution >= 0.6 is 0 Å². The van der Waals surface area contributed by atoms with Crippen LogP contribution in [0.3, 0.4) is 0 Å². The average molecular weight is 334 g/mol. The van der Waals surface area contributed by atoms with Gasteiger partial charge in [-0.1, -0.05) is 24.3 Å². The first-order valence-corrected chi connectivity index (χ1v) is 7.82. The number of rotatable bonds is 3. The number of fused-ring (bicyclic) bond motifs is 1. The second-order valence-electron chi connectivity index (χ2n) is 5.74. The van der Waals surface area contributed by atoms with Gasteiger partial charge in [0.1, 0.15) is 0 Å². The Morgan fingerprint density at radius 2 is 1.84 bits per heavy atom. The largest absolute Gasteiger partial charge is 0.361 e. The molecule has 6 nitrogen and oxygen atoms in total. The molecule has 1 heterocycles. The molecule has 0 aliphatic carbocycles. The Morgan fingerprint density at radius 1 is 1.04 bits per heavy atom. The van der Waals surface area contributed by atoms with Crippen molar-refractivity contribution in [3.05, 3.63) is 65.4 Å². The van der Waals surface area contributed by atoms with Gasteiger partial charge in [0.2, 0.25) is 0 Å². The molecule has 3 aromatic rings. The van der Waals surface area contributed by atoms with Crippen molar-refractivity contribution in [1.29, 1.82) is 0 Å². The first-order chi connectivity index (χ1) is 12.0. The molecule has 0 aliphatic rings. The van der Waals surface area contributed by atoms with Gasteiger partial charge in [-0.05, 0) is 43.2 Å². The number of nitrogens with zero attached hydrogens (tertiary/aromatic N) is 1. The number of para-hydroxylation sites is 1. The minimum absolute atomic E-state index is 0.573. The molecule has 25 heavy (non-hydrogen) atoms. The number of carbonyl (C=O) groups excluding carboxylic acids is 2. The highest BCUT2D eigenvalue weighted by Crippen LogP contribution is 2.16. The van der Waals surface area contributed by atoms with Gasteiger partial charge in [0.25, 0.3) is 0 Å². The molecule has 0 saturated carbocycles. The zero-order chi connectivity index (χ0) is 17.8. The average Bonchev–Trinajstić information content (AvgIpc) is 3.01. The van der Waals surface area contributed by atoms with Crippen molar-refractivity contribution in [2.24, 2.45) is 5.10 Å². The lowest BCUT2D eigenvalue weighted by atomic mass is 10.1. The van der Waals surface area contributed by atoms with Crippen molar-refractivity contribution in [3.63, 3.8) is 0 Å². The van der Waals surface area contributed by atoms with Crippen molar-refractivity contribution in [2.45, 2.75) is 13.8 Å². The molecule has 0 aliphatic heterocycles. The molecule has 0 unspecified atom stereocenters. The van der Waals surface area contributed by atoms with E-state index < -0.39 is 11.8 Å². The molecular weight excluding hydrogens is 316 g/mol. The van der Waals surface area contributed by atoms with Crippen LogP contribution in [0.25, 0.3) is 10.9 Å². The second-order valence-corrected chi connectivity index (χ2v) is 5.74. The van der Waals surface area contributed by atoms with E-state index in [4.69, 9.17) is 0 Å². The van der Waals surface area contributed by atoms with E-state index in [2.05, 4.69) is 20.8 Å². The van der Waals surface area contributed by atoms with E-state index in [1.54, 1.807) is 12.3 Å². The van der Waals surface area contributed by atoms with Gasteiger partial charge in [-0.25, -0.2) is 5.43 Å². The number of hydrogen-bond donors (Lipinski definition) is 3. The lowest BCUT2D eigenvalue weighted by Crippen LogP contribution is -2.32. The minimum atomic E-state index is -0.825. The fourth-order valence-corrected chi connectivity index (χ4v) is 2.42. The lowest BCUT2D eigenvalue weighted by molar-refractivity contribution is -0.136. The smallest absolute Gasteiger partial charge is 0.329 e. The predicted octanol–water partition coefficient (Wildman–Crippen LogP) is 2.87. The summed E-state index contributed by atoms with van der Waals surface area (Å²) in [7, 11) is 0. The van der Waals surface area contributed by atoms with E-state index in [1.165, 1.54) is 6.21 Å². The number of aromatic nitrogens is 1. The maximum absolute atomic E-state index is 11.9. The molecule has 2 amide bonds. The summed E-state index contributed by atoms with van der Waals surface area (Å²) in [6, 6.07) is 13.2. The molecule has 0 saturated heterocycles. The number of benzene rings is 2. The molecule has 126 valence electrons. The summed E-state index contributed by atoms with van der Waals surface area (Å²) in [4.78, 5) is 26.9. The molecule has 0 spiro atoms. The van der Waals surface area contributed by atoms with E-state index >= 15 is 0 Å². The Bertz CT molecular complexity index is 972. The van der Waals surface area contributed by atoms with E-state index in [0.29, 0.717) is 5.69 Å². The van der Waals surface area contributed by atoms with Gasteiger partial charge in [-0.2, -0.15) is 5.10 Å². The second kappa shape index (κ2) is 7.00. The van der Waals surface area contributed by atoms with Gasteiger partial charge < -0.3 is 10.3 Å². The quantitative estimate of drug-likeness (QED) is 0.391. The predicted molar refractivity (Wildman–Crippen MR) is 98.6 cm³/mol. The Labute approximate surface area is 144 Å². The van der Waals surface area contributed by atoms with Crippen molar-refractivity contribution in [1.82, 2.24) is 10.4 Å². The Hall–Kier alpha value is -3.41. The monoisotopic (exact) mass is 334 g/mol. The zero-order valence-electron chi connectivity index (χ0n) is 14.0. The van der Waals surface area contributed by atoms with Gasteiger partial charge in [0, 0.05) is 28.4 Å². The fourth-order valence-electron chi connectivity index (χ4n) is 2.42. The topological polar surface area (TPSA) is 86.3 Å². The molecule has 6 heteroatoms. The Balaban J connectivity index is 1.61. The number of amides is 2. The maximum atomic E-state index is 11.9. The van der Waals surface area contributed by atoms with Crippen LogP contribution in [-0.2, 0) is 9.59 Å². The SMILES string of the molecule is Cc1ccc(NC(=O)C(=O)N/N=C/c2c[nH]c3ccccc23)cc1C. The highest BCUT2D eigenvalue weighted by Gasteiger charge is 2.13. The van der Waals surface area contributed by atoms with Crippen LogP contribution in [0.15, 0.2) is 53.8 Å². The fraction of sp³-hybridized carbons (Fsp3) is 0.105. The molecule has 0 atom stereocenters. The zero-order valence-corrected chi connectivity index (χ0v) is 14.0. The molecule has 3 N–H and O–H groups in total. The van der Waals surface area contributed by atoms with Gasteiger partial charge in [0.15, 0.2) is 0 Å². The van der Waals surface area contributed by atoms with Gasteiger partial charge in [0.05, 0.1) is 6.21 Å². The number of nitrogens with one attached hydrogen (secondary N) is 3. The summed E-state index contributed by atoms with van der Waals surface area (Å²) in [5.74, 6) is -1.59.